The molecule has 3 aromatic carbocycles. The molecule has 1 unspecified atom stereocenters. The summed E-state index contributed by atoms with van der Waals surface area (Å²) in [6, 6.07) is 2.24. The van der Waals surface area contributed by atoms with Crippen molar-refractivity contribution in [2.45, 2.75) is 110 Å². The lowest BCUT2D eigenvalue weighted by atomic mass is 10.1. The van der Waals surface area contributed by atoms with E-state index in [9.17, 15) is 107 Å². The number of anilines is 2. The van der Waals surface area contributed by atoms with Crippen LogP contribution in [0.2, 0.25) is 0 Å². The van der Waals surface area contributed by atoms with Gasteiger partial charge in [-0.15, -0.1) is 23.5 Å². The highest BCUT2D eigenvalue weighted by Gasteiger charge is 2.33. The zero-order valence-electron chi connectivity index (χ0n) is 52.9. The van der Waals surface area contributed by atoms with E-state index in [0.717, 1.165) is 47.8 Å². The number of aliphatic carboxylic acids is 2. The lowest BCUT2D eigenvalue weighted by Crippen LogP contribution is -2.56. The van der Waals surface area contributed by atoms with Crippen LogP contribution >= 0.6 is 23.5 Å². The molecule has 2 heterocycles. The number of benzene rings is 3. The van der Waals surface area contributed by atoms with Crippen molar-refractivity contribution in [2.24, 2.45) is 11.5 Å². The van der Waals surface area contributed by atoms with Crippen LogP contribution in [0.1, 0.15) is 84.9 Å². The van der Waals surface area contributed by atoms with Gasteiger partial charge in [-0.05, 0) is 87.8 Å². The van der Waals surface area contributed by atoms with Gasteiger partial charge in [0.2, 0.25) is 59.1 Å². The minimum atomic E-state index is -1.62. The van der Waals surface area contributed by atoms with Gasteiger partial charge in [-0.25, -0.2) is 9.59 Å². The van der Waals surface area contributed by atoms with Crippen LogP contribution in [0.15, 0.2) is 70.5 Å². The number of nitrogens with zero attached hydrogens (tertiary/aromatic N) is 2. The summed E-state index contributed by atoms with van der Waals surface area (Å²) >= 11 is 1.89. The minimum Gasteiger partial charge on any atom is -0.480 e. The zero-order valence-corrected chi connectivity index (χ0v) is 54.5. The van der Waals surface area contributed by atoms with Crippen LogP contribution in [0.4, 0.5) is 32.3 Å². The van der Waals surface area contributed by atoms with Gasteiger partial charge in [0.05, 0.1) is 46.9 Å². The molecule has 538 valence electrons. The largest absolute Gasteiger partial charge is 0.480 e. The summed E-state index contributed by atoms with van der Waals surface area (Å²) in [5.74, 6) is -14.4. The van der Waals surface area contributed by atoms with Crippen molar-refractivity contribution in [3.05, 3.63) is 92.0 Å². The second-order valence-electron chi connectivity index (χ2n) is 21.9. The third-order valence-electron chi connectivity index (χ3n) is 14.3. The van der Waals surface area contributed by atoms with Crippen molar-refractivity contribution in [3.8, 4) is 0 Å². The average Bonchev–Trinajstić information content (AvgIpc) is 0.831. The zero-order chi connectivity index (χ0) is 73.6. The summed E-state index contributed by atoms with van der Waals surface area (Å²) in [6.45, 7) is -3.16. The van der Waals surface area contributed by atoms with Crippen LogP contribution in [0.25, 0.3) is 0 Å². The highest BCUT2D eigenvalue weighted by atomic mass is 32.2. The lowest BCUT2D eigenvalue weighted by Gasteiger charge is -2.24. The van der Waals surface area contributed by atoms with Crippen LogP contribution in [0.3, 0.4) is 0 Å². The number of thioether (sulfide) groups is 2. The molecule has 20 N–H and O–H groups in total. The van der Waals surface area contributed by atoms with Gasteiger partial charge in [0.1, 0.15) is 49.3 Å². The SMILES string of the molecule is NC(=O)C[C@@H]1NC(=O)c2cc([N+](=O)[O-])ccc2SCCC(C(=O)N[C@@H](CCCCNC(=O)Nc2ccc(NC(=O)NCCCC[C@H](NC(=O)[C@@H]3CCSc4ccc([N+](=O)[O-])cc4C(=O)N[C@@H](CC(N)=O)C(=O)NCC(=O)N3)C(=O)NCC(=O)O)cc2)C(=O)NCC(=O)O)NC(=O)CNC1=O. The number of urea groups is 2. The fourth-order valence-electron chi connectivity index (χ4n) is 9.34. The fourth-order valence-corrected chi connectivity index (χ4v) is 11.4. The first-order chi connectivity index (χ1) is 47.5. The first kappa shape index (κ1) is 79.0. The maximum atomic E-state index is 13.9. The second-order valence-corrected chi connectivity index (χ2v) is 24.2. The standard InChI is InChI=1S/C58H72N18O22S2/c59-43(77)23-39-53(89)63-25-45(79)69-37(15-19-99-41-13-11-31(75(95)96)21-33(41)49(85)73-39)55(91)71-35(51(87)65-27-47(81)82)5-1-3-17-61-57(93)67-29-7-9-30(10-8-29)68-58(94)62-18-4-2-6-36(52(88)66-28-48(83)84)72-56(92)38-16-20-100-42-14-12-32(76(97)98)22-34(42)50(86)74-40(24-44(60)78)54(90)64-26-46(80)70-38/h7-14,21-22,35-40H,1-6,15-20,23-28H2,(H2,59,77)(H2,60,78)(H,63,89)(H,64,90)(H,65,87)(H,66,88)(H,69,79)(H,70,80)(H,71,91)(H,72,92)(H,73,85)(H,74,86)(H,81,82)(H,83,84)(H2,61,67,93)(H2,62,68,94)/t35-,36-,37-,38?,39-,40-/m0/s1. The number of hydrogen-bond acceptors (Lipinski definition) is 22. The van der Waals surface area contributed by atoms with E-state index in [1.165, 1.54) is 36.4 Å². The maximum absolute atomic E-state index is 13.9. The molecule has 0 bridgehead atoms. The van der Waals surface area contributed by atoms with Crippen LogP contribution in [-0.2, 0) is 57.5 Å². The van der Waals surface area contributed by atoms with Gasteiger partial charge in [-0.2, -0.15) is 0 Å². The van der Waals surface area contributed by atoms with Crippen LogP contribution in [0, 0.1) is 20.2 Å². The number of hydrogen-bond donors (Lipinski definition) is 18. The summed E-state index contributed by atoms with van der Waals surface area (Å²) in [4.78, 5) is 227. The number of carboxylic acid groups (broad SMARTS) is 2. The summed E-state index contributed by atoms with van der Waals surface area (Å²) < 4.78 is 0. The number of primary amides is 2. The normalized spacial score (nSPS) is 17.4. The predicted octanol–water partition coefficient (Wildman–Crippen LogP) is -3.00. The number of non-ortho nitro benzene ring substituents is 2. The molecule has 16 amide bonds. The molecule has 42 heteroatoms. The minimum absolute atomic E-state index is 0.0206. The number of nitro groups is 2. The molecule has 0 saturated heterocycles. The van der Waals surface area contributed by atoms with E-state index in [2.05, 4.69) is 74.4 Å². The Morgan fingerprint density at radius 2 is 0.900 bits per heavy atom. The molecule has 2 aliphatic heterocycles. The summed E-state index contributed by atoms with van der Waals surface area (Å²) in [5.41, 5.74) is 9.65. The number of amides is 16. The van der Waals surface area contributed by atoms with Crippen molar-refractivity contribution < 1.29 is 96.8 Å². The van der Waals surface area contributed by atoms with E-state index in [1.54, 1.807) is 0 Å². The molecule has 5 rings (SSSR count). The number of fused-ring (bicyclic) bond motifs is 2. The summed E-state index contributed by atoms with van der Waals surface area (Å²) in [7, 11) is 0. The number of carbonyl (C=O) groups is 16. The molecule has 40 nitrogen and oxygen atoms in total. The van der Waals surface area contributed by atoms with E-state index < -0.39 is 191 Å². The van der Waals surface area contributed by atoms with E-state index in [-0.39, 0.29) is 108 Å². The molecule has 100 heavy (non-hydrogen) atoms. The molecule has 0 aliphatic carbocycles. The number of nitro benzene ring substituents is 2. The third-order valence-corrected chi connectivity index (χ3v) is 16.5. The Bertz CT molecular complexity index is 3410. The van der Waals surface area contributed by atoms with Gasteiger partial charge in [-0.1, -0.05) is 0 Å². The monoisotopic (exact) mass is 1440 g/mol. The van der Waals surface area contributed by atoms with Gasteiger partial charge >= 0.3 is 24.0 Å². The van der Waals surface area contributed by atoms with E-state index in [1.807, 2.05) is 0 Å². The van der Waals surface area contributed by atoms with Crippen LogP contribution < -0.4 is 85.9 Å². The summed E-state index contributed by atoms with van der Waals surface area (Å²) in [5, 5.41) is 75.5. The molecule has 3 aromatic rings. The van der Waals surface area contributed by atoms with Gasteiger partial charge in [0, 0.05) is 70.0 Å². The predicted molar refractivity (Wildman–Crippen MR) is 350 cm³/mol. The number of carboxylic acids is 2. The lowest BCUT2D eigenvalue weighted by molar-refractivity contribution is -0.385. The number of nitrogens with two attached hydrogens (primary N) is 2. The first-order valence-corrected chi connectivity index (χ1v) is 32.4. The highest BCUT2D eigenvalue weighted by Crippen LogP contribution is 2.30. The molecule has 0 radical (unpaired) electrons. The maximum Gasteiger partial charge on any atom is 0.322 e. The molecule has 0 saturated carbocycles. The van der Waals surface area contributed by atoms with Crippen molar-refractivity contribution in [2.75, 3.05) is 61.4 Å². The van der Waals surface area contributed by atoms with Gasteiger partial charge in [-0.3, -0.25) is 87.4 Å². The third kappa shape index (κ3) is 27.1. The van der Waals surface area contributed by atoms with E-state index in [0.29, 0.717) is 0 Å². The molecule has 6 atom stereocenters. The Kier molecular flexibility index (Phi) is 31.2. The Hall–Kier alpha value is -11.7. The van der Waals surface area contributed by atoms with Crippen LogP contribution in [-0.4, -0.2) is 202 Å². The number of carbonyl (C=O) groups excluding carboxylic acids is 14. The molecule has 0 aromatic heterocycles. The number of unbranched alkanes of at least 4 members (excludes halogenated alkanes) is 2. The summed E-state index contributed by atoms with van der Waals surface area (Å²) in [6.07, 6.45) is -1.33. The van der Waals surface area contributed by atoms with Crippen molar-refractivity contribution in [1.29, 1.82) is 0 Å². The van der Waals surface area contributed by atoms with Gasteiger partial charge < -0.3 is 96.1 Å². The second kappa shape index (κ2) is 39.5. The van der Waals surface area contributed by atoms with Crippen LogP contribution in [0.5, 0.6) is 0 Å². The molecular formula is C58H72N18O22S2. The average molecular weight is 1440 g/mol. The van der Waals surface area contributed by atoms with Crippen molar-refractivity contribution in [3.63, 3.8) is 0 Å². The first-order valence-electron chi connectivity index (χ1n) is 30.4. The van der Waals surface area contributed by atoms with Crippen molar-refractivity contribution in [1.82, 2.24) is 63.8 Å². The molecular weight excluding hydrogens is 1360 g/mol. The molecule has 0 spiro atoms. The quantitative estimate of drug-likeness (QED) is 0.0196. The number of nitrogens with one attached hydrogen (secondary N) is 14. The Labute approximate surface area is 574 Å². The molecule has 2 aliphatic rings. The highest BCUT2D eigenvalue weighted by molar-refractivity contribution is 7.99. The Morgan fingerprint density at radius 3 is 1.24 bits per heavy atom. The van der Waals surface area contributed by atoms with E-state index >= 15 is 0 Å². The van der Waals surface area contributed by atoms with Gasteiger partial charge in [0.15, 0.2) is 0 Å². The molecule has 0 fully saturated rings. The smallest absolute Gasteiger partial charge is 0.322 e. The fraction of sp³-hybridized carbons (Fsp3) is 0.414. The number of rotatable bonds is 28. The van der Waals surface area contributed by atoms with Gasteiger partial charge in [0.25, 0.3) is 23.2 Å². The van der Waals surface area contributed by atoms with E-state index in [4.69, 9.17) is 11.5 Å². The van der Waals surface area contributed by atoms with Crippen molar-refractivity contribution >= 4 is 141 Å². The topological polar surface area (TPSA) is 620 Å². The Morgan fingerprint density at radius 1 is 0.530 bits per heavy atom. The Balaban J connectivity index is 1.11.